The largest absolute Gasteiger partial charge is 0.487 e. The van der Waals surface area contributed by atoms with Gasteiger partial charge in [0.05, 0.1) is 11.2 Å². The Labute approximate surface area is 136 Å². The third-order valence-corrected chi connectivity index (χ3v) is 4.41. The van der Waals surface area contributed by atoms with E-state index in [1.807, 2.05) is 58.9 Å². The van der Waals surface area contributed by atoms with E-state index in [4.69, 9.17) is 13.7 Å². The van der Waals surface area contributed by atoms with Crippen LogP contribution in [-0.2, 0) is 9.31 Å². The van der Waals surface area contributed by atoms with Gasteiger partial charge in [0.15, 0.2) is 0 Å². The summed E-state index contributed by atoms with van der Waals surface area (Å²) < 4.78 is 17.4. The van der Waals surface area contributed by atoms with Gasteiger partial charge >= 0.3 is 7.12 Å². The lowest BCUT2D eigenvalue weighted by Gasteiger charge is -2.32. The van der Waals surface area contributed by atoms with E-state index in [9.17, 15) is 0 Å². The standard InChI is InChI=1S/C17H21BN2O3/c1-12-6-8-13(9-7-12)15-20-19-14(21-15)10-11-18-22-16(2,3)17(4,5)23-18/h6-11H,1-5H3/b11-10+. The fourth-order valence-electron chi connectivity index (χ4n) is 2.24. The molecule has 3 rings (SSSR count). The van der Waals surface area contributed by atoms with E-state index >= 15 is 0 Å². The van der Waals surface area contributed by atoms with Crippen molar-refractivity contribution >= 4 is 13.2 Å². The Balaban J connectivity index is 1.71. The molecule has 2 aromatic rings. The number of benzene rings is 1. The van der Waals surface area contributed by atoms with Crippen molar-refractivity contribution in [2.24, 2.45) is 0 Å². The summed E-state index contributed by atoms with van der Waals surface area (Å²) in [6.07, 6.45) is 1.73. The fourth-order valence-corrected chi connectivity index (χ4v) is 2.24. The van der Waals surface area contributed by atoms with Crippen LogP contribution in [0.5, 0.6) is 0 Å². The second-order valence-electron chi connectivity index (χ2n) is 6.80. The van der Waals surface area contributed by atoms with Crippen molar-refractivity contribution in [1.82, 2.24) is 10.2 Å². The Morgan fingerprint density at radius 1 is 0.957 bits per heavy atom. The van der Waals surface area contributed by atoms with E-state index in [-0.39, 0.29) is 11.2 Å². The summed E-state index contributed by atoms with van der Waals surface area (Å²) in [7, 11) is -0.422. The van der Waals surface area contributed by atoms with E-state index in [0.717, 1.165) is 5.56 Å². The van der Waals surface area contributed by atoms with E-state index in [2.05, 4.69) is 10.2 Å². The average molecular weight is 312 g/mol. The van der Waals surface area contributed by atoms with Crippen LogP contribution in [0, 0.1) is 6.92 Å². The first kappa shape index (κ1) is 16.0. The molecule has 1 aliphatic rings. The van der Waals surface area contributed by atoms with E-state index < -0.39 is 7.12 Å². The maximum atomic E-state index is 5.89. The Morgan fingerprint density at radius 3 is 2.17 bits per heavy atom. The number of hydrogen-bond donors (Lipinski definition) is 0. The van der Waals surface area contributed by atoms with Gasteiger partial charge in [0, 0.05) is 5.56 Å². The van der Waals surface area contributed by atoms with Crippen molar-refractivity contribution in [3.05, 3.63) is 41.7 Å². The molecule has 1 aromatic heterocycles. The van der Waals surface area contributed by atoms with Gasteiger partial charge < -0.3 is 13.7 Å². The smallest absolute Gasteiger partial charge is 0.417 e. The van der Waals surface area contributed by atoms with Gasteiger partial charge in [0.1, 0.15) is 0 Å². The number of hydrogen-bond acceptors (Lipinski definition) is 5. The van der Waals surface area contributed by atoms with Crippen molar-refractivity contribution in [3.8, 4) is 11.5 Å². The van der Waals surface area contributed by atoms with Gasteiger partial charge in [0.2, 0.25) is 11.8 Å². The first-order valence-electron chi connectivity index (χ1n) is 7.71. The van der Waals surface area contributed by atoms with Crippen LogP contribution in [0.25, 0.3) is 17.5 Å². The van der Waals surface area contributed by atoms with Crippen LogP contribution < -0.4 is 0 Å². The van der Waals surface area contributed by atoms with Gasteiger partial charge in [-0.2, -0.15) is 0 Å². The third-order valence-electron chi connectivity index (χ3n) is 4.41. The molecule has 0 spiro atoms. The topological polar surface area (TPSA) is 57.4 Å². The van der Waals surface area contributed by atoms with Gasteiger partial charge in [-0.15, -0.1) is 10.2 Å². The molecule has 0 atom stereocenters. The summed E-state index contributed by atoms with van der Waals surface area (Å²) in [6.45, 7) is 10.1. The van der Waals surface area contributed by atoms with E-state index in [0.29, 0.717) is 11.8 Å². The van der Waals surface area contributed by atoms with Crippen LogP contribution in [0.4, 0.5) is 0 Å². The highest BCUT2D eigenvalue weighted by Crippen LogP contribution is 2.37. The quantitative estimate of drug-likeness (QED) is 0.809. The predicted molar refractivity (Wildman–Crippen MR) is 89.6 cm³/mol. The van der Waals surface area contributed by atoms with Crippen molar-refractivity contribution < 1.29 is 13.7 Å². The summed E-state index contributed by atoms with van der Waals surface area (Å²) in [5.41, 5.74) is 1.38. The molecular weight excluding hydrogens is 291 g/mol. The monoisotopic (exact) mass is 312 g/mol. The van der Waals surface area contributed by atoms with Crippen LogP contribution in [-0.4, -0.2) is 28.5 Å². The second kappa shape index (κ2) is 5.62. The van der Waals surface area contributed by atoms with Gasteiger partial charge in [-0.3, -0.25) is 0 Å². The molecular formula is C17H21BN2O3. The highest BCUT2D eigenvalue weighted by molar-refractivity contribution is 6.52. The highest BCUT2D eigenvalue weighted by Gasteiger charge is 2.50. The molecule has 5 nitrogen and oxygen atoms in total. The van der Waals surface area contributed by atoms with Crippen LogP contribution in [0.1, 0.15) is 39.1 Å². The van der Waals surface area contributed by atoms with Crippen LogP contribution in [0.3, 0.4) is 0 Å². The molecule has 1 saturated heterocycles. The van der Waals surface area contributed by atoms with Crippen molar-refractivity contribution in [2.45, 2.75) is 45.8 Å². The lowest BCUT2D eigenvalue weighted by Crippen LogP contribution is -2.41. The van der Waals surface area contributed by atoms with Crippen LogP contribution >= 0.6 is 0 Å². The minimum absolute atomic E-state index is 0.357. The molecule has 6 heteroatoms. The summed E-state index contributed by atoms with van der Waals surface area (Å²) in [5, 5.41) is 8.10. The molecule has 1 fully saturated rings. The maximum absolute atomic E-state index is 5.89. The van der Waals surface area contributed by atoms with E-state index in [1.165, 1.54) is 5.56 Å². The zero-order chi connectivity index (χ0) is 16.7. The number of aromatic nitrogens is 2. The molecule has 2 heterocycles. The molecule has 0 N–H and O–H groups in total. The molecule has 0 aliphatic carbocycles. The zero-order valence-corrected chi connectivity index (χ0v) is 14.2. The normalized spacial score (nSPS) is 19.6. The third kappa shape index (κ3) is 3.23. The van der Waals surface area contributed by atoms with Gasteiger partial charge in [-0.05, 0) is 58.8 Å². The molecule has 0 saturated carbocycles. The summed E-state index contributed by atoms with van der Waals surface area (Å²) in [5.74, 6) is 2.72. The summed E-state index contributed by atoms with van der Waals surface area (Å²) in [4.78, 5) is 0. The maximum Gasteiger partial charge on any atom is 0.487 e. The Kier molecular flexibility index (Phi) is 3.90. The fraction of sp³-hybridized carbons (Fsp3) is 0.412. The molecule has 1 aliphatic heterocycles. The van der Waals surface area contributed by atoms with Crippen molar-refractivity contribution in [3.63, 3.8) is 0 Å². The Hall–Kier alpha value is -1.92. The molecule has 0 radical (unpaired) electrons. The van der Waals surface area contributed by atoms with Gasteiger partial charge in [0.25, 0.3) is 0 Å². The summed E-state index contributed by atoms with van der Waals surface area (Å²) in [6, 6.07) is 7.95. The lowest BCUT2D eigenvalue weighted by atomic mass is 9.90. The van der Waals surface area contributed by atoms with Crippen molar-refractivity contribution in [2.75, 3.05) is 0 Å². The minimum Gasteiger partial charge on any atom is -0.417 e. The molecule has 0 amide bonds. The van der Waals surface area contributed by atoms with Gasteiger partial charge in [-0.25, -0.2) is 0 Å². The van der Waals surface area contributed by atoms with Gasteiger partial charge in [-0.1, -0.05) is 17.7 Å². The number of nitrogens with zero attached hydrogens (tertiary/aromatic N) is 2. The number of aryl methyl sites for hydroxylation is 1. The van der Waals surface area contributed by atoms with Crippen molar-refractivity contribution in [1.29, 1.82) is 0 Å². The first-order chi connectivity index (χ1) is 10.8. The minimum atomic E-state index is -0.422. The SMILES string of the molecule is Cc1ccc(-c2nnc(/C=C/B3OC(C)(C)C(C)(C)O3)o2)cc1. The van der Waals surface area contributed by atoms with Crippen LogP contribution in [0.2, 0.25) is 0 Å². The molecule has 1 aromatic carbocycles. The molecule has 120 valence electrons. The number of rotatable bonds is 3. The van der Waals surface area contributed by atoms with Crippen LogP contribution in [0.15, 0.2) is 34.7 Å². The Bertz CT molecular complexity index is 704. The molecule has 23 heavy (non-hydrogen) atoms. The highest BCUT2D eigenvalue weighted by atomic mass is 16.7. The lowest BCUT2D eigenvalue weighted by molar-refractivity contribution is 0.00578. The predicted octanol–water partition coefficient (Wildman–Crippen LogP) is 3.69. The Morgan fingerprint density at radius 2 is 1.57 bits per heavy atom. The summed E-state index contributed by atoms with van der Waals surface area (Å²) >= 11 is 0. The average Bonchev–Trinajstić information content (AvgIpc) is 3.00. The first-order valence-corrected chi connectivity index (χ1v) is 7.71. The second-order valence-corrected chi connectivity index (χ2v) is 6.80. The molecule has 0 unspecified atom stereocenters. The zero-order valence-electron chi connectivity index (χ0n) is 14.2. The van der Waals surface area contributed by atoms with E-state index in [1.54, 1.807) is 12.1 Å². The molecule has 0 bridgehead atoms.